The maximum absolute atomic E-state index is 11.7. The summed E-state index contributed by atoms with van der Waals surface area (Å²) < 4.78 is 10.7. The first-order valence-corrected chi connectivity index (χ1v) is 6.08. The van der Waals surface area contributed by atoms with Gasteiger partial charge in [-0.25, -0.2) is 4.79 Å². The van der Waals surface area contributed by atoms with E-state index in [0.29, 0.717) is 0 Å². The Hall–Kier alpha value is -1.35. The lowest BCUT2D eigenvalue weighted by Crippen LogP contribution is -2.13. The van der Waals surface area contributed by atoms with Crippen molar-refractivity contribution < 1.29 is 14.3 Å². The molecular weight excluding hydrogens is 216 g/mol. The zero-order valence-electron chi connectivity index (χ0n) is 10.1. The van der Waals surface area contributed by atoms with E-state index in [4.69, 9.17) is 9.47 Å². The van der Waals surface area contributed by atoms with Crippen LogP contribution >= 0.6 is 0 Å². The van der Waals surface area contributed by atoms with E-state index in [1.807, 2.05) is 19.1 Å². The molecule has 1 saturated carbocycles. The van der Waals surface area contributed by atoms with E-state index in [1.54, 1.807) is 0 Å². The van der Waals surface area contributed by atoms with Gasteiger partial charge in [-0.2, -0.15) is 0 Å². The molecule has 17 heavy (non-hydrogen) atoms. The molecular formula is C14H16O3. The number of rotatable bonds is 3. The maximum atomic E-state index is 11.7. The summed E-state index contributed by atoms with van der Waals surface area (Å²) in [5, 5.41) is 0. The average molecular weight is 232 g/mol. The first-order valence-electron chi connectivity index (χ1n) is 6.08. The van der Waals surface area contributed by atoms with Crippen LogP contribution < -0.4 is 0 Å². The average Bonchev–Trinajstić information content (AvgIpc) is 3.10. The summed E-state index contributed by atoms with van der Waals surface area (Å²) >= 11 is 0. The fourth-order valence-corrected chi connectivity index (χ4v) is 2.09. The van der Waals surface area contributed by atoms with Crippen molar-refractivity contribution in [2.24, 2.45) is 0 Å². The summed E-state index contributed by atoms with van der Waals surface area (Å²) in [7, 11) is 0. The van der Waals surface area contributed by atoms with Crippen LogP contribution in [0.4, 0.5) is 0 Å². The molecule has 90 valence electrons. The third-order valence-electron chi connectivity index (χ3n) is 3.26. The summed E-state index contributed by atoms with van der Waals surface area (Å²) in [6, 6.07) is 6.20. The highest BCUT2D eigenvalue weighted by Crippen LogP contribution is 2.42. The van der Waals surface area contributed by atoms with Crippen LogP contribution in [0.25, 0.3) is 0 Å². The molecule has 3 nitrogen and oxygen atoms in total. The highest BCUT2D eigenvalue weighted by molar-refractivity contribution is 5.79. The van der Waals surface area contributed by atoms with Crippen LogP contribution in [0.5, 0.6) is 0 Å². The van der Waals surface area contributed by atoms with E-state index in [2.05, 4.69) is 13.0 Å². The van der Waals surface area contributed by atoms with Gasteiger partial charge in [-0.1, -0.05) is 23.8 Å². The van der Waals surface area contributed by atoms with Gasteiger partial charge in [0.15, 0.2) is 6.10 Å². The van der Waals surface area contributed by atoms with Gasteiger partial charge in [-0.3, -0.25) is 0 Å². The highest BCUT2D eigenvalue weighted by atomic mass is 16.6. The molecule has 1 saturated heterocycles. The van der Waals surface area contributed by atoms with Gasteiger partial charge in [0.2, 0.25) is 0 Å². The molecule has 2 atom stereocenters. The van der Waals surface area contributed by atoms with Crippen molar-refractivity contribution in [2.75, 3.05) is 0 Å². The Labute approximate surface area is 101 Å². The van der Waals surface area contributed by atoms with E-state index >= 15 is 0 Å². The zero-order chi connectivity index (χ0) is 12.0. The number of esters is 1. The molecule has 2 unspecified atom stereocenters. The quantitative estimate of drug-likeness (QED) is 0.593. The van der Waals surface area contributed by atoms with Crippen molar-refractivity contribution >= 4 is 5.97 Å². The minimum Gasteiger partial charge on any atom is -0.460 e. The topological polar surface area (TPSA) is 38.8 Å². The van der Waals surface area contributed by atoms with Crippen LogP contribution in [0.15, 0.2) is 18.2 Å². The molecule has 1 heterocycles. The number of hydrogen-bond donors (Lipinski definition) is 0. The molecule has 0 spiro atoms. The molecule has 2 fully saturated rings. The van der Waals surface area contributed by atoms with Crippen LogP contribution in [0.2, 0.25) is 0 Å². The first kappa shape index (κ1) is 10.8. The summed E-state index contributed by atoms with van der Waals surface area (Å²) in [6.45, 7) is 4.11. The Morgan fingerprint density at radius 1 is 1.35 bits per heavy atom. The Kier molecular flexibility index (Phi) is 2.44. The smallest absolute Gasteiger partial charge is 0.338 e. The molecule has 1 aromatic rings. The summed E-state index contributed by atoms with van der Waals surface area (Å²) in [6.07, 6.45) is 1.70. The lowest BCUT2D eigenvalue weighted by Gasteiger charge is -2.03. The fraction of sp³-hybridized carbons (Fsp3) is 0.500. The van der Waals surface area contributed by atoms with E-state index in [1.165, 1.54) is 11.1 Å². The second kappa shape index (κ2) is 3.84. The molecule has 1 aromatic carbocycles. The lowest BCUT2D eigenvalue weighted by molar-refractivity contribution is -0.146. The maximum Gasteiger partial charge on any atom is 0.338 e. The van der Waals surface area contributed by atoms with Crippen molar-refractivity contribution in [3.05, 3.63) is 34.9 Å². The van der Waals surface area contributed by atoms with Gasteiger partial charge in [0.1, 0.15) is 12.2 Å². The predicted octanol–water partition coefficient (Wildman–Crippen LogP) is 2.45. The number of epoxide rings is 1. The Morgan fingerprint density at radius 3 is 2.76 bits per heavy atom. The van der Waals surface area contributed by atoms with Crippen LogP contribution in [0.3, 0.4) is 0 Å². The van der Waals surface area contributed by atoms with Crippen LogP contribution in [-0.2, 0) is 14.3 Å². The summed E-state index contributed by atoms with van der Waals surface area (Å²) in [5.41, 5.74) is 3.51. The fourth-order valence-electron chi connectivity index (χ4n) is 2.09. The van der Waals surface area contributed by atoms with Crippen molar-refractivity contribution in [3.8, 4) is 0 Å². The molecule has 0 amide bonds. The third-order valence-corrected chi connectivity index (χ3v) is 3.26. The minimum absolute atomic E-state index is 0.0955. The summed E-state index contributed by atoms with van der Waals surface area (Å²) in [4.78, 5) is 11.7. The van der Waals surface area contributed by atoms with E-state index < -0.39 is 0 Å². The van der Waals surface area contributed by atoms with Crippen molar-refractivity contribution in [2.45, 2.75) is 45.0 Å². The van der Waals surface area contributed by atoms with E-state index in [-0.39, 0.29) is 24.3 Å². The molecule has 1 aliphatic heterocycles. The molecule has 0 bridgehead atoms. The van der Waals surface area contributed by atoms with E-state index in [9.17, 15) is 4.79 Å². The van der Waals surface area contributed by atoms with Crippen LogP contribution in [0, 0.1) is 13.8 Å². The second-order valence-electron chi connectivity index (χ2n) is 4.97. The third kappa shape index (κ3) is 2.20. The number of aryl methyl sites for hydroxylation is 2. The minimum atomic E-state index is -0.378. The molecule has 0 radical (unpaired) electrons. The van der Waals surface area contributed by atoms with Crippen LogP contribution in [0.1, 0.15) is 35.6 Å². The molecule has 0 N–H and O–H groups in total. The number of hydrogen-bond acceptors (Lipinski definition) is 3. The molecule has 3 heteroatoms. The Balaban J connectivity index is 1.68. The molecule has 1 aliphatic carbocycles. The first-order chi connectivity index (χ1) is 8.15. The van der Waals surface area contributed by atoms with Gasteiger partial charge in [-0.15, -0.1) is 0 Å². The molecule has 2 aliphatic rings. The SMILES string of the molecule is Cc1ccc(C2OC2C(=O)OC2CC2)c(C)c1. The van der Waals surface area contributed by atoms with Crippen LogP contribution in [-0.4, -0.2) is 18.2 Å². The largest absolute Gasteiger partial charge is 0.460 e. The van der Waals surface area contributed by atoms with Gasteiger partial charge >= 0.3 is 5.97 Å². The van der Waals surface area contributed by atoms with Gasteiger partial charge in [0.25, 0.3) is 0 Å². The second-order valence-corrected chi connectivity index (χ2v) is 4.97. The number of ether oxygens (including phenoxy) is 2. The van der Waals surface area contributed by atoms with Gasteiger partial charge < -0.3 is 9.47 Å². The number of carbonyl (C=O) groups excluding carboxylic acids is 1. The Morgan fingerprint density at radius 2 is 2.12 bits per heavy atom. The Bertz CT molecular complexity index is 463. The molecule has 3 rings (SSSR count). The summed E-state index contributed by atoms with van der Waals surface area (Å²) in [5.74, 6) is -0.197. The van der Waals surface area contributed by atoms with Crippen molar-refractivity contribution in [1.82, 2.24) is 0 Å². The zero-order valence-corrected chi connectivity index (χ0v) is 10.1. The van der Waals surface area contributed by atoms with E-state index in [0.717, 1.165) is 18.4 Å². The number of benzene rings is 1. The number of carbonyl (C=O) groups is 1. The monoisotopic (exact) mass is 232 g/mol. The highest BCUT2D eigenvalue weighted by Gasteiger charge is 2.49. The standard InChI is InChI=1S/C14H16O3/c1-8-3-6-11(9(2)7-8)12-13(17-12)14(15)16-10-4-5-10/h3,6-7,10,12-13H,4-5H2,1-2H3. The molecule has 0 aromatic heterocycles. The van der Waals surface area contributed by atoms with Crippen molar-refractivity contribution in [1.29, 1.82) is 0 Å². The predicted molar refractivity (Wildman–Crippen MR) is 62.6 cm³/mol. The van der Waals surface area contributed by atoms with Gasteiger partial charge in [0.05, 0.1) is 0 Å². The lowest BCUT2D eigenvalue weighted by atomic mass is 10.0. The van der Waals surface area contributed by atoms with Gasteiger partial charge in [0, 0.05) is 0 Å². The van der Waals surface area contributed by atoms with Gasteiger partial charge in [-0.05, 0) is 37.8 Å². The normalized spacial score (nSPS) is 26.7. The van der Waals surface area contributed by atoms with Crippen molar-refractivity contribution in [3.63, 3.8) is 0 Å².